The van der Waals surface area contributed by atoms with Crippen molar-refractivity contribution < 1.29 is 18.3 Å². The van der Waals surface area contributed by atoms with Gasteiger partial charge in [-0.2, -0.15) is 10.2 Å². The number of benzene rings is 1. The first-order valence-corrected chi connectivity index (χ1v) is 12.7. The van der Waals surface area contributed by atoms with Crippen LogP contribution in [0.4, 0.5) is 26.2 Å². The molecule has 0 aliphatic carbocycles. The SMILES string of the molecule is COc1nc(Nc2nccc(-c3ccc(OC4CCNCC4(F)F)c(C#N)c3)n2)ccc1N1CCN(C)CC1.Cl. The number of likely N-dealkylation sites (N-methyl/N-ethyl adjacent to an activating group) is 1. The van der Waals surface area contributed by atoms with Crippen LogP contribution in [0, 0.1) is 11.3 Å². The Morgan fingerprint density at radius 1 is 1.12 bits per heavy atom. The van der Waals surface area contributed by atoms with Crippen LogP contribution in [0.2, 0.25) is 0 Å². The first-order valence-electron chi connectivity index (χ1n) is 12.7. The summed E-state index contributed by atoms with van der Waals surface area (Å²) in [5.41, 5.74) is 2.25. The van der Waals surface area contributed by atoms with Crippen molar-refractivity contribution in [3.8, 4) is 29.0 Å². The third-order valence-corrected chi connectivity index (χ3v) is 6.85. The lowest BCUT2D eigenvalue weighted by molar-refractivity contribution is -0.109. The van der Waals surface area contributed by atoms with Crippen LogP contribution in [-0.4, -0.2) is 85.3 Å². The van der Waals surface area contributed by atoms with Crippen molar-refractivity contribution in [2.75, 3.05) is 63.6 Å². The Hall–Kier alpha value is -3.79. The van der Waals surface area contributed by atoms with Crippen molar-refractivity contribution in [3.05, 3.63) is 48.2 Å². The molecule has 2 aliphatic rings. The summed E-state index contributed by atoms with van der Waals surface area (Å²) in [7, 11) is 3.70. The van der Waals surface area contributed by atoms with E-state index in [9.17, 15) is 14.0 Å². The molecule has 5 rings (SSSR count). The van der Waals surface area contributed by atoms with Gasteiger partial charge in [0.05, 0.1) is 24.9 Å². The molecule has 212 valence electrons. The van der Waals surface area contributed by atoms with E-state index in [0.717, 1.165) is 31.9 Å². The minimum absolute atomic E-state index is 0. The highest BCUT2D eigenvalue weighted by molar-refractivity contribution is 5.85. The average Bonchev–Trinajstić information content (AvgIpc) is 2.95. The van der Waals surface area contributed by atoms with Gasteiger partial charge in [-0.15, -0.1) is 12.4 Å². The largest absolute Gasteiger partial charge is 0.483 e. The zero-order chi connectivity index (χ0) is 27.4. The van der Waals surface area contributed by atoms with E-state index in [1.54, 1.807) is 31.5 Å². The van der Waals surface area contributed by atoms with Gasteiger partial charge in [-0.25, -0.2) is 18.7 Å². The summed E-state index contributed by atoms with van der Waals surface area (Å²) in [5, 5.41) is 15.5. The van der Waals surface area contributed by atoms with Crippen LogP contribution in [-0.2, 0) is 0 Å². The second-order valence-corrected chi connectivity index (χ2v) is 9.56. The zero-order valence-corrected chi connectivity index (χ0v) is 23.0. The Morgan fingerprint density at radius 3 is 2.65 bits per heavy atom. The second-order valence-electron chi connectivity index (χ2n) is 9.56. The number of rotatable bonds is 7. The molecular formula is C27H31ClF2N8O2. The lowest BCUT2D eigenvalue weighted by atomic mass is 10.0. The number of hydrogen-bond donors (Lipinski definition) is 2. The summed E-state index contributed by atoms with van der Waals surface area (Å²) in [6.45, 7) is 3.69. The molecule has 2 aliphatic heterocycles. The van der Waals surface area contributed by atoms with Crippen molar-refractivity contribution in [2.24, 2.45) is 0 Å². The molecule has 3 aromatic rings. The maximum Gasteiger partial charge on any atom is 0.296 e. The highest BCUT2D eigenvalue weighted by Crippen LogP contribution is 2.32. The fourth-order valence-corrected chi connectivity index (χ4v) is 4.63. The number of nitrogens with one attached hydrogen (secondary N) is 2. The first-order chi connectivity index (χ1) is 18.9. The van der Waals surface area contributed by atoms with Crippen LogP contribution in [0.15, 0.2) is 42.6 Å². The Morgan fingerprint density at radius 2 is 1.93 bits per heavy atom. The van der Waals surface area contributed by atoms with E-state index in [2.05, 4.69) is 42.4 Å². The summed E-state index contributed by atoms with van der Waals surface area (Å²) in [5.74, 6) is -1.56. The number of piperazine rings is 1. The number of ether oxygens (including phenoxy) is 2. The summed E-state index contributed by atoms with van der Waals surface area (Å²) >= 11 is 0. The van der Waals surface area contributed by atoms with E-state index >= 15 is 0 Å². The smallest absolute Gasteiger partial charge is 0.296 e. The molecule has 2 fully saturated rings. The molecule has 2 saturated heterocycles. The van der Waals surface area contributed by atoms with Crippen LogP contribution < -0.4 is 25.0 Å². The lowest BCUT2D eigenvalue weighted by Crippen LogP contribution is -2.52. The highest BCUT2D eigenvalue weighted by Gasteiger charge is 2.43. The van der Waals surface area contributed by atoms with E-state index in [1.807, 2.05) is 18.2 Å². The van der Waals surface area contributed by atoms with Crippen LogP contribution >= 0.6 is 12.4 Å². The number of nitriles is 1. The normalized spacial score (nSPS) is 18.8. The average molecular weight is 573 g/mol. The van der Waals surface area contributed by atoms with E-state index in [-0.39, 0.29) is 30.1 Å². The molecule has 4 heterocycles. The summed E-state index contributed by atoms with van der Waals surface area (Å²) in [4.78, 5) is 18.0. The Balaban J connectivity index is 0.00000370. The van der Waals surface area contributed by atoms with Gasteiger partial charge in [0.1, 0.15) is 23.3 Å². The molecular weight excluding hydrogens is 542 g/mol. The number of anilines is 3. The Labute approximate surface area is 237 Å². The van der Waals surface area contributed by atoms with Gasteiger partial charge in [0.2, 0.25) is 11.8 Å². The molecule has 10 nitrogen and oxygen atoms in total. The maximum atomic E-state index is 14.2. The van der Waals surface area contributed by atoms with Gasteiger partial charge < -0.3 is 29.9 Å². The first kappa shape index (κ1) is 29.2. The van der Waals surface area contributed by atoms with Gasteiger partial charge in [-0.3, -0.25) is 0 Å². The molecule has 2 N–H and O–H groups in total. The number of hydrogen-bond acceptors (Lipinski definition) is 10. The molecule has 1 atom stereocenters. The number of nitrogens with zero attached hydrogens (tertiary/aromatic N) is 6. The van der Waals surface area contributed by atoms with Gasteiger partial charge in [0.25, 0.3) is 5.92 Å². The monoisotopic (exact) mass is 572 g/mol. The molecule has 0 saturated carbocycles. The van der Waals surface area contributed by atoms with E-state index in [0.29, 0.717) is 35.4 Å². The minimum atomic E-state index is -3.02. The van der Waals surface area contributed by atoms with E-state index in [1.165, 1.54) is 6.07 Å². The van der Waals surface area contributed by atoms with Gasteiger partial charge in [0.15, 0.2) is 6.10 Å². The lowest BCUT2D eigenvalue weighted by Gasteiger charge is -2.34. The van der Waals surface area contributed by atoms with E-state index in [4.69, 9.17) is 9.47 Å². The predicted octanol–water partition coefficient (Wildman–Crippen LogP) is 3.71. The molecule has 0 radical (unpaired) electrons. The predicted molar refractivity (Wildman–Crippen MR) is 150 cm³/mol. The van der Waals surface area contributed by atoms with Crippen LogP contribution in [0.5, 0.6) is 11.6 Å². The van der Waals surface area contributed by atoms with Crippen molar-refractivity contribution in [2.45, 2.75) is 18.4 Å². The van der Waals surface area contributed by atoms with Gasteiger partial charge in [-0.1, -0.05) is 0 Å². The van der Waals surface area contributed by atoms with Gasteiger partial charge in [-0.05, 0) is 50.0 Å². The Kier molecular flexibility index (Phi) is 9.19. The number of piperidine rings is 1. The molecule has 1 unspecified atom stereocenters. The number of alkyl halides is 2. The second kappa shape index (κ2) is 12.6. The van der Waals surface area contributed by atoms with Gasteiger partial charge in [0, 0.05) is 44.4 Å². The summed E-state index contributed by atoms with van der Waals surface area (Å²) < 4.78 is 39.6. The summed E-state index contributed by atoms with van der Waals surface area (Å²) in [6, 6.07) is 12.4. The van der Waals surface area contributed by atoms with Crippen LogP contribution in [0.1, 0.15) is 12.0 Å². The number of methoxy groups -OCH3 is 1. The fraction of sp³-hybridized carbons (Fsp3) is 0.407. The standard InChI is InChI=1S/C27H30F2N8O2.ClH/c1-36-11-13-37(14-12-36)21-4-6-24(34-25(21)38-2)35-26-32-10-7-20(33-26)18-3-5-22(19(15-18)16-30)39-23-8-9-31-17-27(23,28)29;/h3-7,10,15,23,31H,8-9,11-14,17H2,1-2H3,(H,32,33,34,35);1H. The molecule has 40 heavy (non-hydrogen) atoms. The van der Waals surface area contributed by atoms with E-state index < -0.39 is 18.6 Å². The van der Waals surface area contributed by atoms with Crippen molar-refractivity contribution in [3.63, 3.8) is 0 Å². The topological polar surface area (TPSA) is 111 Å². The molecule has 0 amide bonds. The third kappa shape index (κ3) is 6.50. The molecule has 0 spiro atoms. The third-order valence-electron chi connectivity index (χ3n) is 6.85. The highest BCUT2D eigenvalue weighted by atomic mass is 35.5. The van der Waals surface area contributed by atoms with Crippen molar-refractivity contribution in [1.29, 1.82) is 5.26 Å². The van der Waals surface area contributed by atoms with Crippen LogP contribution in [0.25, 0.3) is 11.3 Å². The van der Waals surface area contributed by atoms with Crippen LogP contribution in [0.3, 0.4) is 0 Å². The maximum absolute atomic E-state index is 14.2. The van der Waals surface area contributed by atoms with Gasteiger partial charge >= 0.3 is 0 Å². The van der Waals surface area contributed by atoms with Crippen molar-refractivity contribution in [1.82, 2.24) is 25.2 Å². The molecule has 1 aromatic carbocycles. The molecule has 0 bridgehead atoms. The van der Waals surface area contributed by atoms with Crippen molar-refractivity contribution >= 4 is 29.9 Å². The molecule has 2 aromatic heterocycles. The number of aromatic nitrogens is 3. The Bertz CT molecular complexity index is 1360. The molecule has 13 heteroatoms. The quantitative estimate of drug-likeness (QED) is 0.434. The fourth-order valence-electron chi connectivity index (χ4n) is 4.63. The minimum Gasteiger partial charge on any atom is -0.483 e. The summed E-state index contributed by atoms with van der Waals surface area (Å²) in [6.07, 6.45) is 0.445. The zero-order valence-electron chi connectivity index (χ0n) is 22.2. The number of halogens is 3. The number of pyridine rings is 1.